The number of fused-ring (bicyclic) bond motifs is 1. The summed E-state index contributed by atoms with van der Waals surface area (Å²) in [6, 6.07) is 18.3. The minimum Gasteiger partial charge on any atom is -0.484 e. The van der Waals surface area contributed by atoms with Gasteiger partial charge in [-0.3, -0.25) is 0 Å². The molecule has 19 heavy (non-hydrogen) atoms. The second-order valence-electron chi connectivity index (χ2n) is 4.76. The third-order valence-corrected chi connectivity index (χ3v) is 3.34. The molecule has 1 atom stereocenters. The summed E-state index contributed by atoms with van der Waals surface area (Å²) in [5.74, 6) is 0.851. The van der Waals surface area contributed by atoms with Crippen molar-refractivity contribution in [3.05, 3.63) is 60.2 Å². The van der Waals surface area contributed by atoms with E-state index in [9.17, 15) is 5.11 Å². The Balaban J connectivity index is 1.88. The molecular formula is C16H17NO2. The van der Waals surface area contributed by atoms with Crippen molar-refractivity contribution in [1.29, 1.82) is 0 Å². The maximum Gasteiger partial charge on any atom is 0.143 e. The fourth-order valence-electron chi connectivity index (χ4n) is 2.43. The molecule has 1 aliphatic rings. The van der Waals surface area contributed by atoms with Gasteiger partial charge in [0.05, 0.1) is 18.8 Å². The Kier molecular flexibility index (Phi) is 3.38. The Hall–Kier alpha value is -2.00. The summed E-state index contributed by atoms with van der Waals surface area (Å²) in [6.07, 6.45) is -0.154. The highest BCUT2D eigenvalue weighted by Gasteiger charge is 2.24. The average molecular weight is 255 g/mol. The molecule has 1 heterocycles. The first-order valence-corrected chi connectivity index (χ1v) is 6.52. The highest BCUT2D eigenvalue weighted by Crippen LogP contribution is 2.33. The SMILES string of the molecule is OCC1CN(Cc2ccccc2)c2ccccc2O1. The monoisotopic (exact) mass is 255 g/mol. The molecule has 1 unspecified atom stereocenters. The predicted octanol–water partition coefficient (Wildman–Crippen LogP) is 2.45. The van der Waals surface area contributed by atoms with Gasteiger partial charge in [-0.1, -0.05) is 42.5 Å². The molecule has 3 nitrogen and oxygen atoms in total. The van der Waals surface area contributed by atoms with E-state index in [0.717, 1.165) is 18.0 Å². The van der Waals surface area contributed by atoms with Crippen LogP contribution in [0.2, 0.25) is 0 Å². The van der Waals surface area contributed by atoms with E-state index in [-0.39, 0.29) is 12.7 Å². The second-order valence-corrected chi connectivity index (χ2v) is 4.76. The minimum atomic E-state index is -0.154. The molecule has 3 heteroatoms. The first kappa shape index (κ1) is 12.1. The molecule has 2 aromatic carbocycles. The van der Waals surface area contributed by atoms with Gasteiger partial charge < -0.3 is 14.7 Å². The van der Waals surface area contributed by atoms with E-state index in [4.69, 9.17) is 4.74 Å². The number of benzene rings is 2. The van der Waals surface area contributed by atoms with Crippen molar-refractivity contribution in [2.75, 3.05) is 18.1 Å². The molecule has 0 saturated carbocycles. The Morgan fingerprint density at radius 3 is 2.58 bits per heavy atom. The zero-order valence-electron chi connectivity index (χ0n) is 10.7. The molecule has 0 spiro atoms. The van der Waals surface area contributed by atoms with Gasteiger partial charge in [0, 0.05) is 6.54 Å². The van der Waals surface area contributed by atoms with Gasteiger partial charge in [0.1, 0.15) is 11.9 Å². The molecule has 0 aliphatic carbocycles. The second kappa shape index (κ2) is 5.33. The summed E-state index contributed by atoms with van der Waals surface area (Å²) in [6.45, 7) is 1.58. The lowest BCUT2D eigenvalue weighted by molar-refractivity contribution is 0.112. The molecule has 3 rings (SSSR count). The van der Waals surface area contributed by atoms with Crippen molar-refractivity contribution >= 4 is 5.69 Å². The zero-order chi connectivity index (χ0) is 13.1. The molecule has 0 fully saturated rings. The van der Waals surface area contributed by atoms with Crippen LogP contribution in [0, 0.1) is 0 Å². The van der Waals surface area contributed by atoms with Crippen LogP contribution in [0.15, 0.2) is 54.6 Å². The number of nitrogens with zero attached hydrogens (tertiary/aromatic N) is 1. The number of ether oxygens (including phenoxy) is 1. The standard InChI is InChI=1S/C16H17NO2/c18-12-14-11-17(10-13-6-2-1-3-7-13)15-8-4-5-9-16(15)19-14/h1-9,14,18H,10-12H2. The third-order valence-electron chi connectivity index (χ3n) is 3.34. The van der Waals surface area contributed by atoms with E-state index in [1.807, 2.05) is 36.4 Å². The van der Waals surface area contributed by atoms with Gasteiger partial charge in [0.25, 0.3) is 0 Å². The van der Waals surface area contributed by atoms with Crippen LogP contribution < -0.4 is 9.64 Å². The van der Waals surface area contributed by atoms with Crippen LogP contribution in [-0.2, 0) is 6.54 Å². The molecule has 0 bridgehead atoms. The Labute approximate surface area is 113 Å². The quantitative estimate of drug-likeness (QED) is 0.914. The number of para-hydroxylation sites is 2. The van der Waals surface area contributed by atoms with E-state index in [1.54, 1.807) is 0 Å². The van der Waals surface area contributed by atoms with E-state index in [2.05, 4.69) is 23.1 Å². The molecular weight excluding hydrogens is 238 g/mol. The van der Waals surface area contributed by atoms with Gasteiger partial charge in [-0.25, -0.2) is 0 Å². The van der Waals surface area contributed by atoms with Crippen molar-refractivity contribution in [3.63, 3.8) is 0 Å². The molecule has 2 aromatic rings. The number of aliphatic hydroxyl groups is 1. The molecule has 98 valence electrons. The van der Waals surface area contributed by atoms with Gasteiger partial charge in [-0.15, -0.1) is 0 Å². The van der Waals surface area contributed by atoms with Crippen LogP contribution in [0.4, 0.5) is 5.69 Å². The Morgan fingerprint density at radius 1 is 1.05 bits per heavy atom. The van der Waals surface area contributed by atoms with Crippen LogP contribution >= 0.6 is 0 Å². The van der Waals surface area contributed by atoms with E-state index < -0.39 is 0 Å². The molecule has 0 aromatic heterocycles. The van der Waals surface area contributed by atoms with Crippen LogP contribution in [0.1, 0.15) is 5.56 Å². The highest BCUT2D eigenvalue weighted by molar-refractivity contribution is 5.60. The maximum absolute atomic E-state index is 9.35. The van der Waals surface area contributed by atoms with Gasteiger partial charge in [-0.2, -0.15) is 0 Å². The van der Waals surface area contributed by atoms with Gasteiger partial charge in [0.2, 0.25) is 0 Å². The van der Waals surface area contributed by atoms with Crippen LogP contribution in [0.3, 0.4) is 0 Å². The summed E-state index contributed by atoms with van der Waals surface area (Å²) in [4.78, 5) is 2.26. The van der Waals surface area contributed by atoms with Gasteiger partial charge in [-0.05, 0) is 17.7 Å². The minimum absolute atomic E-state index is 0.0413. The molecule has 0 amide bonds. The molecule has 1 N–H and O–H groups in total. The number of anilines is 1. The van der Waals surface area contributed by atoms with Gasteiger partial charge >= 0.3 is 0 Å². The molecule has 0 saturated heterocycles. The zero-order valence-corrected chi connectivity index (χ0v) is 10.7. The fraction of sp³-hybridized carbons (Fsp3) is 0.250. The summed E-state index contributed by atoms with van der Waals surface area (Å²) in [5.41, 5.74) is 2.35. The van der Waals surface area contributed by atoms with Gasteiger partial charge in [0.15, 0.2) is 0 Å². The summed E-state index contributed by atoms with van der Waals surface area (Å²) in [5, 5.41) is 9.35. The number of hydrogen-bond acceptors (Lipinski definition) is 3. The predicted molar refractivity (Wildman–Crippen MR) is 75.4 cm³/mol. The lowest BCUT2D eigenvalue weighted by atomic mass is 10.1. The highest BCUT2D eigenvalue weighted by atomic mass is 16.5. The maximum atomic E-state index is 9.35. The first-order chi connectivity index (χ1) is 9.36. The van der Waals surface area contributed by atoms with E-state index in [1.165, 1.54) is 5.56 Å². The van der Waals surface area contributed by atoms with Crippen molar-refractivity contribution in [2.45, 2.75) is 12.6 Å². The van der Waals surface area contributed by atoms with E-state index in [0.29, 0.717) is 6.54 Å². The lowest BCUT2D eigenvalue weighted by Crippen LogP contribution is -2.41. The summed E-state index contributed by atoms with van der Waals surface area (Å²) >= 11 is 0. The van der Waals surface area contributed by atoms with Crippen molar-refractivity contribution in [1.82, 2.24) is 0 Å². The smallest absolute Gasteiger partial charge is 0.143 e. The summed E-state index contributed by atoms with van der Waals surface area (Å²) < 4.78 is 5.76. The number of aliphatic hydroxyl groups excluding tert-OH is 1. The fourth-order valence-corrected chi connectivity index (χ4v) is 2.43. The van der Waals surface area contributed by atoms with Crippen LogP contribution in [-0.4, -0.2) is 24.4 Å². The topological polar surface area (TPSA) is 32.7 Å². The Morgan fingerprint density at radius 2 is 1.79 bits per heavy atom. The van der Waals surface area contributed by atoms with E-state index >= 15 is 0 Å². The third kappa shape index (κ3) is 2.56. The van der Waals surface area contributed by atoms with Crippen LogP contribution in [0.5, 0.6) is 5.75 Å². The van der Waals surface area contributed by atoms with Crippen LogP contribution in [0.25, 0.3) is 0 Å². The van der Waals surface area contributed by atoms with Crippen molar-refractivity contribution in [2.24, 2.45) is 0 Å². The first-order valence-electron chi connectivity index (χ1n) is 6.52. The van der Waals surface area contributed by atoms with Crippen molar-refractivity contribution < 1.29 is 9.84 Å². The number of hydrogen-bond donors (Lipinski definition) is 1. The average Bonchev–Trinajstić information content (AvgIpc) is 2.48. The Bertz CT molecular complexity index is 541. The largest absolute Gasteiger partial charge is 0.484 e. The molecule has 1 aliphatic heterocycles. The number of rotatable bonds is 3. The lowest BCUT2D eigenvalue weighted by Gasteiger charge is -2.35. The summed E-state index contributed by atoms with van der Waals surface area (Å²) in [7, 11) is 0. The molecule has 0 radical (unpaired) electrons. The van der Waals surface area contributed by atoms with Crippen molar-refractivity contribution in [3.8, 4) is 5.75 Å². The normalized spacial score (nSPS) is 17.7.